The van der Waals surface area contributed by atoms with E-state index in [9.17, 15) is 4.79 Å². The molecule has 1 fully saturated rings. The summed E-state index contributed by atoms with van der Waals surface area (Å²) in [6, 6.07) is 6.47. The molecule has 1 aliphatic heterocycles. The van der Waals surface area contributed by atoms with Crippen LogP contribution in [0, 0.1) is 13.8 Å². The molecule has 0 atom stereocenters. The van der Waals surface area contributed by atoms with Gasteiger partial charge in [0.05, 0.1) is 5.56 Å². The number of amides is 1. The molecule has 3 rings (SSSR count). The van der Waals surface area contributed by atoms with Gasteiger partial charge in [-0.1, -0.05) is 19.1 Å². The van der Waals surface area contributed by atoms with Gasteiger partial charge < -0.3 is 15.1 Å². The van der Waals surface area contributed by atoms with Gasteiger partial charge in [-0.3, -0.25) is 4.79 Å². The van der Waals surface area contributed by atoms with Gasteiger partial charge in [-0.05, 0) is 37.5 Å². The Kier molecular flexibility index (Phi) is 5.71. The Labute approximate surface area is 155 Å². The first-order valence-corrected chi connectivity index (χ1v) is 9.26. The highest BCUT2D eigenvalue weighted by atomic mass is 16.1. The molecule has 1 aliphatic rings. The minimum atomic E-state index is -0.113. The summed E-state index contributed by atoms with van der Waals surface area (Å²) in [5.74, 6) is 0.579. The molecule has 0 aliphatic carbocycles. The summed E-state index contributed by atoms with van der Waals surface area (Å²) in [4.78, 5) is 25.3. The molecule has 0 spiro atoms. The highest BCUT2D eigenvalue weighted by molar-refractivity contribution is 5.93. The first-order valence-electron chi connectivity index (χ1n) is 9.26. The largest absolute Gasteiger partial charge is 0.368 e. The summed E-state index contributed by atoms with van der Waals surface area (Å²) in [6.45, 7) is 10.6. The van der Waals surface area contributed by atoms with Crippen LogP contribution in [-0.4, -0.2) is 48.6 Å². The predicted molar refractivity (Wildman–Crippen MR) is 105 cm³/mol. The molecule has 6 heteroatoms. The Bertz CT molecular complexity index is 751. The number of carbonyl (C=O) groups is 1. The number of hydrogen-bond donors (Lipinski definition) is 1. The molecule has 0 bridgehead atoms. The third-order valence-corrected chi connectivity index (χ3v) is 4.92. The molecule has 1 saturated heterocycles. The van der Waals surface area contributed by atoms with E-state index in [2.05, 4.69) is 57.1 Å². The van der Waals surface area contributed by atoms with Crippen molar-refractivity contribution >= 4 is 17.5 Å². The van der Waals surface area contributed by atoms with Crippen molar-refractivity contribution in [2.75, 3.05) is 42.5 Å². The van der Waals surface area contributed by atoms with Gasteiger partial charge in [-0.2, -0.15) is 0 Å². The molecule has 2 heterocycles. The minimum Gasteiger partial charge on any atom is -0.368 e. The van der Waals surface area contributed by atoms with E-state index in [0.717, 1.165) is 32.6 Å². The fraction of sp³-hybridized carbons (Fsp3) is 0.450. The monoisotopic (exact) mass is 353 g/mol. The van der Waals surface area contributed by atoms with E-state index in [0.29, 0.717) is 18.1 Å². The zero-order chi connectivity index (χ0) is 18.5. The molecule has 1 aromatic carbocycles. The van der Waals surface area contributed by atoms with Crippen molar-refractivity contribution < 1.29 is 4.79 Å². The second-order valence-electron chi connectivity index (χ2n) is 6.72. The number of nitrogens with one attached hydrogen (secondary N) is 1. The maximum absolute atomic E-state index is 11.9. The lowest BCUT2D eigenvalue weighted by atomic mass is 10.1. The molecule has 1 amide bonds. The normalized spacial score (nSPS) is 14.4. The van der Waals surface area contributed by atoms with E-state index in [1.165, 1.54) is 16.8 Å². The summed E-state index contributed by atoms with van der Waals surface area (Å²) in [7, 11) is 0. The van der Waals surface area contributed by atoms with Crippen LogP contribution in [0.4, 0.5) is 11.6 Å². The van der Waals surface area contributed by atoms with Gasteiger partial charge in [-0.15, -0.1) is 0 Å². The number of aromatic nitrogens is 2. The number of anilines is 2. The smallest absolute Gasteiger partial charge is 0.254 e. The third kappa shape index (κ3) is 3.95. The van der Waals surface area contributed by atoms with Gasteiger partial charge >= 0.3 is 0 Å². The van der Waals surface area contributed by atoms with E-state index in [1.807, 2.05) is 6.92 Å². The zero-order valence-electron chi connectivity index (χ0n) is 15.8. The predicted octanol–water partition coefficient (Wildman–Crippen LogP) is 2.56. The van der Waals surface area contributed by atoms with Crippen LogP contribution >= 0.6 is 0 Å². The number of benzene rings is 1. The van der Waals surface area contributed by atoms with Gasteiger partial charge in [0.1, 0.15) is 0 Å². The summed E-state index contributed by atoms with van der Waals surface area (Å²) < 4.78 is 0. The third-order valence-electron chi connectivity index (χ3n) is 4.92. The molecule has 1 aromatic heterocycles. The fourth-order valence-corrected chi connectivity index (χ4v) is 3.17. The lowest BCUT2D eigenvalue weighted by Crippen LogP contribution is -2.47. The number of rotatable bonds is 5. The van der Waals surface area contributed by atoms with Crippen LogP contribution < -0.4 is 15.1 Å². The van der Waals surface area contributed by atoms with Crippen LogP contribution in [0.15, 0.2) is 30.6 Å². The van der Waals surface area contributed by atoms with Gasteiger partial charge in [0.25, 0.3) is 5.91 Å². The topological polar surface area (TPSA) is 61.4 Å². The van der Waals surface area contributed by atoms with Gasteiger partial charge in [0.2, 0.25) is 5.95 Å². The molecule has 138 valence electrons. The average molecular weight is 353 g/mol. The molecule has 26 heavy (non-hydrogen) atoms. The van der Waals surface area contributed by atoms with E-state index in [-0.39, 0.29) is 5.91 Å². The van der Waals surface area contributed by atoms with E-state index < -0.39 is 0 Å². The highest BCUT2D eigenvalue weighted by Crippen LogP contribution is 2.24. The Morgan fingerprint density at radius 1 is 1.08 bits per heavy atom. The van der Waals surface area contributed by atoms with Crippen LogP contribution in [0.1, 0.15) is 34.8 Å². The number of hydrogen-bond acceptors (Lipinski definition) is 5. The van der Waals surface area contributed by atoms with Crippen LogP contribution in [0.3, 0.4) is 0 Å². The maximum Gasteiger partial charge on any atom is 0.254 e. The Morgan fingerprint density at radius 2 is 1.73 bits per heavy atom. The maximum atomic E-state index is 11.9. The standard InChI is InChI=1S/C20H27N5O/c1-4-8-21-19(26)17-13-22-20(23-14-17)25-11-9-24(10-12-25)18-7-5-6-15(2)16(18)3/h5-7,13-14H,4,8-12H2,1-3H3,(H,21,26). The second-order valence-corrected chi connectivity index (χ2v) is 6.72. The summed E-state index contributed by atoms with van der Waals surface area (Å²) in [5.41, 5.74) is 4.49. The first kappa shape index (κ1) is 18.2. The van der Waals surface area contributed by atoms with E-state index >= 15 is 0 Å². The average Bonchev–Trinajstić information content (AvgIpc) is 2.68. The molecule has 6 nitrogen and oxygen atoms in total. The van der Waals surface area contributed by atoms with E-state index in [4.69, 9.17) is 0 Å². The van der Waals surface area contributed by atoms with Crippen molar-refractivity contribution in [1.82, 2.24) is 15.3 Å². The highest BCUT2D eigenvalue weighted by Gasteiger charge is 2.20. The lowest BCUT2D eigenvalue weighted by molar-refractivity contribution is 0.0953. The molecule has 1 N–H and O–H groups in total. The van der Waals surface area contributed by atoms with Crippen molar-refractivity contribution in [1.29, 1.82) is 0 Å². The Balaban J connectivity index is 1.61. The van der Waals surface area contributed by atoms with Crippen molar-refractivity contribution in [2.45, 2.75) is 27.2 Å². The second kappa shape index (κ2) is 8.17. The van der Waals surface area contributed by atoms with Crippen molar-refractivity contribution in [3.05, 3.63) is 47.3 Å². The number of piperazine rings is 1. The fourth-order valence-electron chi connectivity index (χ4n) is 3.17. The quantitative estimate of drug-likeness (QED) is 0.895. The SMILES string of the molecule is CCCNC(=O)c1cnc(N2CCN(c3cccc(C)c3C)CC2)nc1. The van der Waals surface area contributed by atoms with Crippen molar-refractivity contribution in [2.24, 2.45) is 0 Å². The summed E-state index contributed by atoms with van der Waals surface area (Å²) >= 11 is 0. The van der Waals surface area contributed by atoms with Crippen LogP contribution in [0.5, 0.6) is 0 Å². The number of carbonyl (C=O) groups excluding carboxylic acids is 1. The Hall–Kier alpha value is -2.63. The number of nitrogens with zero attached hydrogens (tertiary/aromatic N) is 4. The summed E-state index contributed by atoms with van der Waals surface area (Å²) in [5, 5.41) is 2.84. The molecular formula is C20H27N5O. The minimum absolute atomic E-state index is 0.113. The van der Waals surface area contributed by atoms with Crippen molar-refractivity contribution in [3.63, 3.8) is 0 Å². The molecular weight excluding hydrogens is 326 g/mol. The molecule has 0 radical (unpaired) electrons. The van der Waals surface area contributed by atoms with Gasteiger partial charge in [0, 0.05) is 50.8 Å². The molecule has 0 unspecified atom stereocenters. The zero-order valence-corrected chi connectivity index (χ0v) is 15.8. The number of aryl methyl sites for hydroxylation is 1. The van der Waals surface area contributed by atoms with Crippen LogP contribution in [-0.2, 0) is 0 Å². The summed E-state index contributed by atoms with van der Waals surface area (Å²) in [6.07, 6.45) is 4.14. The Morgan fingerprint density at radius 3 is 2.38 bits per heavy atom. The van der Waals surface area contributed by atoms with Crippen LogP contribution in [0.2, 0.25) is 0 Å². The van der Waals surface area contributed by atoms with Crippen LogP contribution in [0.25, 0.3) is 0 Å². The van der Waals surface area contributed by atoms with Gasteiger partial charge in [0.15, 0.2) is 0 Å². The van der Waals surface area contributed by atoms with Crippen molar-refractivity contribution in [3.8, 4) is 0 Å². The lowest BCUT2D eigenvalue weighted by Gasteiger charge is -2.37. The first-order chi connectivity index (χ1) is 12.6. The van der Waals surface area contributed by atoms with Gasteiger partial charge in [-0.25, -0.2) is 9.97 Å². The molecule has 0 saturated carbocycles. The molecule has 2 aromatic rings. The van der Waals surface area contributed by atoms with E-state index in [1.54, 1.807) is 12.4 Å².